The van der Waals surface area contributed by atoms with Gasteiger partial charge in [0.25, 0.3) is 5.91 Å². The average Bonchev–Trinajstić information content (AvgIpc) is 2.96. The van der Waals surface area contributed by atoms with Gasteiger partial charge >= 0.3 is 6.18 Å². The lowest BCUT2D eigenvalue weighted by Gasteiger charge is -2.29. The molecule has 0 atom stereocenters. The van der Waals surface area contributed by atoms with Crippen LogP contribution in [0.3, 0.4) is 0 Å². The fourth-order valence-corrected chi connectivity index (χ4v) is 5.18. The number of carbonyl (C=O) groups excluding carboxylic acids is 2. The van der Waals surface area contributed by atoms with Gasteiger partial charge in [0.05, 0.1) is 18.4 Å². The number of methoxy groups -OCH3 is 1. The highest BCUT2D eigenvalue weighted by atomic mass is 19.4. The Kier molecular flexibility index (Phi) is 8.41. The molecule has 1 saturated heterocycles. The van der Waals surface area contributed by atoms with E-state index in [1.807, 2.05) is 7.05 Å². The second kappa shape index (κ2) is 12.0. The summed E-state index contributed by atoms with van der Waals surface area (Å²) < 4.78 is 53.0. The summed E-state index contributed by atoms with van der Waals surface area (Å²) in [5, 5.41) is 5.97. The number of fused-ring (bicyclic) bond motifs is 1. The van der Waals surface area contributed by atoms with Crippen LogP contribution < -0.4 is 20.1 Å². The summed E-state index contributed by atoms with van der Waals surface area (Å²) >= 11 is 0. The van der Waals surface area contributed by atoms with E-state index in [9.17, 15) is 22.8 Å². The molecule has 1 aromatic heterocycles. The van der Waals surface area contributed by atoms with E-state index in [1.54, 1.807) is 44.2 Å². The second-order valence-electron chi connectivity index (χ2n) is 10.8. The fraction of sp³-hybridized carbons (Fsp3) is 0.355. The number of aromatic nitrogens is 2. The van der Waals surface area contributed by atoms with Crippen molar-refractivity contribution < 1.29 is 32.2 Å². The molecule has 1 fully saturated rings. The van der Waals surface area contributed by atoms with Crippen molar-refractivity contribution in [3.63, 3.8) is 0 Å². The summed E-state index contributed by atoms with van der Waals surface area (Å²) in [5.74, 6) is -1.27. The van der Waals surface area contributed by atoms with Gasteiger partial charge in [0.2, 0.25) is 11.8 Å². The molecule has 1 amide bonds. The Bertz CT molecular complexity index is 1600. The Morgan fingerprint density at radius 3 is 2.56 bits per heavy atom. The number of piperidine rings is 1. The van der Waals surface area contributed by atoms with E-state index in [4.69, 9.17) is 9.47 Å². The number of anilines is 2. The Hall–Kier alpha value is -4.45. The number of amides is 1. The monoisotopic (exact) mass is 595 g/mol. The lowest BCUT2D eigenvalue weighted by atomic mass is 9.90. The molecule has 2 heterocycles. The first-order chi connectivity index (χ1) is 20.4. The number of aryl methyl sites for hydroxylation is 1. The number of hydrogen-bond donors (Lipinski definition) is 2. The molecule has 43 heavy (non-hydrogen) atoms. The van der Waals surface area contributed by atoms with Crippen LogP contribution in [0.5, 0.6) is 17.4 Å². The van der Waals surface area contributed by atoms with E-state index >= 15 is 0 Å². The predicted octanol–water partition coefficient (Wildman–Crippen LogP) is 5.86. The molecule has 1 aliphatic heterocycles. The Morgan fingerprint density at radius 1 is 1.12 bits per heavy atom. The SMILES string of the molecule is COc1cc(C(=O)NC2CCN(C)CC2)c(C)cc1Nc1ncc(C(F)(F)F)c(Oc2cccc3c2C(=O)C(C)=CC3)n1. The molecule has 5 rings (SSSR count). The minimum absolute atomic E-state index is 0.0292. The zero-order chi connectivity index (χ0) is 30.9. The van der Waals surface area contributed by atoms with E-state index in [1.165, 1.54) is 13.2 Å². The Balaban J connectivity index is 1.43. The smallest absolute Gasteiger partial charge is 0.423 e. The van der Waals surface area contributed by atoms with Crippen LogP contribution in [0.1, 0.15) is 57.2 Å². The molecule has 2 aromatic carbocycles. The van der Waals surface area contributed by atoms with Crippen molar-refractivity contribution in [3.05, 3.63) is 76.0 Å². The number of nitrogens with one attached hydrogen (secondary N) is 2. The van der Waals surface area contributed by atoms with Crippen molar-refractivity contribution in [1.29, 1.82) is 0 Å². The third-order valence-electron chi connectivity index (χ3n) is 7.68. The summed E-state index contributed by atoms with van der Waals surface area (Å²) in [7, 11) is 3.46. The van der Waals surface area contributed by atoms with Crippen LogP contribution in [0.25, 0.3) is 0 Å². The van der Waals surface area contributed by atoms with E-state index in [0.29, 0.717) is 40.6 Å². The number of hydrogen-bond acceptors (Lipinski definition) is 8. The van der Waals surface area contributed by atoms with Gasteiger partial charge in [-0.25, -0.2) is 4.98 Å². The maximum atomic E-state index is 13.9. The number of nitrogens with zero attached hydrogens (tertiary/aromatic N) is 3. The number of ether oxygens (including phenoxy) is 2. The highest BCUT2D eigenvalue weighted by Gasteiger charge is 2.37. The Morgan fingerprint density at radius 2 is 1.86 bits per heavy atom. The number of carbonyl (C=O) groups is 2. The molecule has 0 unspecified atom stereocenters. The molecular formula is C31H32F3N5O4. The molecule has 0 radical (unpaired) electrons. The number of Topliss-reactive ketones (excluding diaryl/α,β-unsaturated/α-hetero) is 1. The van der Waals surface area contributed by atoms with Crippen molar-refractivity contribution in [2.24, 2.45) is 0 Å². The zero-order valence-electron chi connectivity index (χ0n) is 24.3. The summed E-state index contributed by atoms with van der Waals surface area (Å²) in [5.41, 5.74) is 1.52. The third kappa shape index (κ3) is 6.48. The zero-order valence-corrected chi connectivity index (χ0v) is 24.3. The lowest BCUT2D eigenvalue weighted by Crippen LogP contribution is -2.43. The van der Waals surface area contributed by atoms with Gasteiger partial charge in [-0.05, 0) is 88.1 Å². The normalized spacial score (nSPS) is 15.9. The first-order valence-electron chi connectivity index (χ1n) is 13.8. The minimum atomic E-state index is -4.82. The number of halogens is 3. The van der Waals surface area contributed by atoms with Crippen molar-refractivity contribution in [2.45, 2.75) is 45.3 Å². The topological polar surface area (TPSA) is 106 Å². The van der Waals surface area contributed by atoms with E-state index < -0.39 is 17.6 Å². The predicted molar refractivity (Wildman–Crippen MR) is 154 cm³/mol. The summed E-state index contributed by atoms with van der Waals surface area (Å²) in [6.07, 6.45) is -0.275. The minimum Gasteiger partial charge on any atom is -0.495 e. The fourth-order valence-electron chi connectivity index (χ4n) is 5.18. The van der Waals surface area contributed by atoms with Crippen molar-refractivity contribution in [2.75, 3.05) is 32.6 Å². The number of ketones is 1. The van der Waals surface area contributed by atoms with E-state index in [0.717, 1.165) is 25.9 Å². The van der Waals surface area contributed by atoms with Crippen LogP contribution in [0.4, 0.5) is 24.8 Å². The lowest BCUT2D eigenvalue weighted by molar-refractivity contribution is -0.139. The quantitative estimate of drug-likeness (QED) is 0.350. The highest BCUT2D eigenvalue weighted by molar-refractivity contribution is 6.12. The van der Waals surface area contributed by atoms with E-state index in [-0.39, 0.29) is 40.7 Å². The molecular weight excluding hydrogens is 563 g/mol. The number of benzene rings is 2. The van der Waals surface area contributed by atoms with Crippen LogP contribution in [-0.4, -0.2) is 59.8 Å². The summed E-state index contributed by atoms with van der Waals surface area (Å²) in [6.45, 7) is 5.20. The van der Waals surface area contributed by atoms with Gasteiger partial charge in [-0.2, -0.15) is 18.2 Å². The maximum Gasteiger partial charge on any atom is 0.423 e. The summed E-state index contributed by atoms with van der Waals surface area (Å²) in [6, 6.07) is 8.06. The van der Waals surface area contributed by atoms with Crippen molar-refractivity contribution in [3.8, 4) is 17.4 Å². The number of alkyl halides is 3. The van der Waals surface area contributed by atoms with Crippen LogP contribution >= 0.6 is 0 Å². The number of rotatable bonds is 7. The molecule has 0 bridgehead atoms. The van der Waals surface area contributed by atoms with Gasteiger partial charge in [-0.15, -0.1) is 0 Å². The molecule has 9 nitrogen and oxygen atoms in total. The average molecular weight is 596 g/mol. The van der Waals surface area contributed by atoms with Gasteiger partial charge in [-0.1, -0.05) is 18.2 Å². The molecule has 2 N–H and O–H groups in total. The molecule has 1 aliphatic carbocycles. The molecule has 0 spiro atoms. The van der Waals surface area contributed by atoms with Gasteiger partial charge in [0.1, 0.15) is 17.1 Å². The van der Waals surface area contributed by atoms with Crippen molar-refractivity contribution in [1.82, 2.24) is 20.2 Å². The van der Waals surface area contributed by atoms with Crippen LogP contribution in [0.2, 0.25) is 0 Å². The first kappa shape index (κ1) is 30.0. The van der Waals surface area contributed by atoms with Gasteiger partial charge in [0, 0.05) is 17.8 Å². The maximum absolute atomic E-state index is 13.9. The van der Waals surface area contributed by atoms with Crippen molar-refractivity contribution >= 4 is 23.3 Å². The first-order valence-corrected chi connectivity index (χ1v) is 13.8. The van der Waals surface area contributed by atoms with Gasteiger partial charge in [-0.3, -0.25) is 9.59 Å². The number of likely N-dealkylation sites (tertiary alicyclic amines) is 1. The van der Waals surface area contributed by atoms with Crippen LogP contribution in [0.15, 0.2) is 48.2 Å². The van der Waals surface area contributed by atoms with Crippen LogP contribution in [-0.2, 0) is 12.6 Å². The second-order valence-corrected chi connectivity index (χ2v) is 10.8. The third-order valence-corrected chi connectivity index (χ3v) is 7.68. The Labute approximate surface area is 247 Å². The van der Waals surface area contributed by atoms with Gasteiger partial charge in [0.15, 0.2) is 5.78 Å². The largest absolute Gasteiger partial charge is 0.495 e. The standard InChI is InChI=1S/C31H32F3N5O4/c1-17-8-9-19-6-5-7-24(26(19)27(17)40)43-29-22(31(32,33)34)16-35-30(38-29)37-23-14-18(2)21(15-25(23)42-4)28(41)36-20-10-12-39(3)13-11-20/h5-8,14-16,20H,9-13H2,1-4H3,(H,36,41)(H,35,37,38). The molecule has 3 aromatic rings. The molecule has 226 valence electrons. The number of allylic oxidation sites excluding steroid dienone is 2. The highest BCUT2D eigenvalue weighted by Crippen LogP contribution is 2.40. The van der Waals surface area contributed by atoms with Crippen LogP contribution in [0, 0.1) is 6.92 Å². The summed E-state index contributed by atoms with van der Waals surface area (Å²) in [4.78, 5) is 36.0. The van der Waals surface area contributed by atoms with Gasteiger partial charge < -0.3 is 25.0 Å². The van der Waals surface area contributed by atoms with E-state index in [2.05, 4.69) is 25.5 Å². The molecule has 2 aliphatic rings. The molecule has 0 saturated carbocycles. The molecule has 12 heteroatoms.